The van der Waals surface area contributed by atoms with Gasteiger partial charge in [0.1, 0.15) is 5.66 Å². The summed E-state index contributed by atoms with van der Waals surface area (Å²) in [5, 5.41) is 34.3. The van der Waals surface area contributed by atoms with Crippen LogP contribution in [0.5, 0.6) is 0 Å². The second-order valence-corrected chi connectivity index (χ2v) is 8.87. The number of non-ortho nitro benzene ring substituents is 2. The Balaban J connectivity index is 1.58. The zero-order chi connectivity index (χ0) is 24.0. The van der Waals surface area contributed by atoms with Crippen molar-refractivity contribution >= 4 is 23.4 Å². The van der Waals surface area contributed by atoms with Crippen molar-refractivity contribution in [1.82, 2.24) is 21.3 Å². The van der Waals surface area contributed by atoms with E-state index in [9.17, 15) is 29.8 Å². The SMILES string of the molecule is O=C1NC(c2cccc([N+](=O)[O-])c2)C2CCCC3C(c4cccc([N+](=O)[O-])c4)NC(=O)NC23N1. The molecule has 0 aromatic heterocycles. The van der Waals surface area contributed by atoms with Crippen molar-refractivity contribution in [3.05, 3.63) is 79.9 Å². The summed E-state index contributed by atoms with van der Waals surface area (Å²) >= 11 is 0. The van der Waals surface area contributed by atoms with Crippen LogP contribution < -0.4 is 21.3 Å². The molecule has 1 spiro atoms. The van der Waals surface area contributed by atoms with E-state index in [1.807, 2.05) is 0 Å². The number of nitrogens with zero attached hydrogens (tertiary/aromatic N) is 2. The number of nitro groups is 2. The third-order valence-electron chi connectivity index (χ3n) is 7.10. The summed E-state index contributed by atoms with van der Waals surface area (Å²) in [6, 6.07) is 10.1. The van der Waals surface area contributed by atoms with Gasteiger partial charge < -0.3 is 21.3 Å². The number of amides is 4. The highest BCUT2D eigenvalue weighted by Gasteiger charge is 2.60. The fourth-order valence-electron chi connectivity index (χ4n) is 5.78. The van der Waals surface area contributed by atoms with Gasteiger partial charge in [-0.25, -0.2) is 9.59 Å². The minimum atomic E-state index is -1.13. The molecule has 2 aromatic carbocycles. The van der Waals surface area contributed by atoms with Crippen LogP contribution in [0.2, 0.25) is 0 Å². The number of hydrogen-bond donors (Lipinski definition) is 4. The summed E-state index contributed by atoms with van der Waals surface area (Å²) in [5.41, 5.74) is -0.151. The highest BCUT2D eigenvalue weighted by molar-refractivity contribution is 5.81. The van der Waals surface area contributed by atoms with Crippen molar-refractivity contribution in [3.63, 3.8) is 0 Å². The number of benzene rings is 2. The van der Waals surface area contributed by atoms with Crippen molar-refractivity contribution < 1.29 is 19.4 Å². The van der Waals surface area contributed by atoms with Crippen LogP contribution in [-0.4, -0.2) is 27.6 Å². The molecule has 2 saturated heterocycles. The molecule has 2 aliphatic heterocycles. The zero-order valence-electron chi connectivity index (χ0n) is 17.9. The van der Waals surface area contributed by atoms with Crippen LogP contribution in [0.3, 0.4) is 0 Å². The maximum atomic E-state index is 12.8. The lowest BCUT2D eigenvalue weighted by Crippen LogP contribution is -2.80. The zero-order valence-corrected chi connectivity index (χ0v) is 17.9. The van der Waals surface area contributed by atoms with E-state index >= 15 is 0 Å². The molecular formula is C22H22N6O6. The molecule has 12 heteroatoms. The summed E-state index contributed by atoms with van der Waals surface area (Å²) in [7, 11) is 0. The number of carbonyl (C=O) groups excluding carboxylic acids is 2. The van der Waals surface area contributed by atoms with Gasteiger partial charge in [0.25, 0.3) is 11.4 Å². The van der Waals surface area contributed by atoms with Gasteiger partial charge in [-0.1, -0.05) is 30.7 Å². The van der Waals surface area contributed by atoms with E-state index in [2.05, 4.69) is 21.3 Å². The van der Waals surface area contributed by atoms with Crippen molar-refractivity contribution in [2.45, 2.75) is 37.0 Å². The average Bonchev–Trinajstić information content (AvgIpc) is 2.81. The Morgan fingerprint density at radius 3 is 1.62 bits per heavy atom. The van der Waals surface area contributed by atoms with Crippen molar-refractivity contribution in [2.24, 2.45) is 11.8 Å². The van der Waals surface area contributed by atoms with Crippen molar-refractivity contribution in [1.29, 1.82) is 0 Å². The molecule has 4 unspecified atom stereocenters. The second kappa shape index (κ2) is 7.97. The molecule has 12 nitrogen and oxygen atoms in total. The molecule has 1 saturated carbocycles. The summed E-state index contributed by atoms with van der Waals surface area (Å²) in [5.74, 6) is -0.614. The van der Waals surface area contributed by atoms with Gasteiger partial charge in [0.15, 0.2) is 0 Å². The van der Waals surface area contributed by atoms with Crippen LogP contribution in [-0.2, 0) is 0 Å². The number of nitro benzene ring substituents is 2. The highest BCUT2D eigenvalue weighted by atomic mass is 16.6. The molecule has 176 valence electrons. The molecule has 1 aliphatic carbocycles. The Bertz CT molecular complexity index is 1110. The Morgan fingerprint density at radius 1 is 0.765 bits per heavy atom. The van der Waals surface area contributed by atoms with Gasteiger partial charge in [0, 0.05) is 36.1 Å². The van der Waals surface area contributed by atoms with Crippen LogP contribution in [0.4, 0.5) is 21.0 Å². The standard InChI is InChI=1S/C22H22N6O6/c29-20-23-18(12-4-1-6-14(10-12)27(31)32)16-8-3-9-17-19(24-21(30)26-22(16,17)25-20)13-5-2-7-15(11-13)28(33)34/h1-2,4-7,10-11,16-19H,3,8-9H2,(H2,23,25,29)(H2,24,26,30). The summed E-state index contributed by atoms with van der Waals surface area (Å²) in [4.78, 5) is 47.4. The van der Waals surface area contributed by atoms with Gasteiger partial charge >= 0.3 is 12.1 Å². The number of nitrogens with one attached hydrogen (secondary N) is 4. The maximum Gasteiger partial charge on any atom is 0.317 e. The van der Waals surface area contributed by atoms with Gasteiger partial charge in [-0.05, 0) is 24.0 Å². The largest absolute Gasteiger partial charge is 0.331 e. The van der Waals surface area contributed by atoms with E-state index in [0.717, 1.165) is 6.42 Å². The molecule has 0 radical (unpaired) electrons. The van der Waals surface area contributed by atoms with Gasteiger partial charge in [-0.3, -0.25) is 20.2 Å². The predicted molar refractivity (Wildman–Crippen MR) is 119 cm³/mol. The molecule has 2 aromatic rings. The molecule has 34 heavy (non-hydrogen) atoms. The summed E-state index contributed by atoms with van der Waals surface area (Å²) in [6.45, 7) is 0. The lowest BCUT2D eigenvalue weighted by atomic mass is 9.62. The maximum absolute atomic E-state index is 12.8. The first-order chi connectivity index (χ1) is 16.3. The summed E-state index contributed by atoms with van der Waals surface area (Å²) < 4.78 is 0. The first kappa shape index (κ1) is 21.6. The van der Waals surface area contributed by atoms with Crippen molar-refractivity contribution in [3.8, 4) is 0 Å². The molecule has 4 amide bonds. The van der Waals surface area contributed by atoms with Crippen LogP contribution in [0.1, 0.15) is 42.5 Å². The smallest absolute Gasteiger partial charge is 0.317 e. The topological polar surface area (TPSA) is 169 Å². The number of carbonyl (C=O) groups is 2. The van der Waals surface area contributed by atoms with Crippen LogP contribution in [0.15, 0.2) is 48.5 Å². The fourth-order valence-corrected chi connectivity index (χ4v) is 5.78. The predicted octanol–water partition coefficient (Wildman–Crippen LogP) is 3.02. The van der Waals surface area contributed by atoms with E-state index in [-0.39, 0.29) is 23.2 Å². The molecule has 5 rings (SSSR count). The van der Waals surface area contributed by atoms with E-state index in [1.54, 1.807) is 24.3 Å². The average molecular weight is 466 g/mol. The third-order valence-corrected chi connectivity index (χ3v) is 7.10. The van der Waals surface area contributed by atoms with E-state index < -0.39 is 39.7 Å². The molecule has 4 atom stereocenters. The van der Waals surface area contributed by atoms with Gasteiger partial charge in [0.2, 0.25) is 0 Å². The lowest BCUT2D eigenvalue weighted by Gasteiger charge is -2.59. The second-order valence-electron chi connectivity index (χ2n) is 8.87. The van der Waals surface area contributed by atoms with Crippen LogP contribution in [0, 0.1) is 32.1 Å². The Kier molecular flexibility index (Phi) is 5.07. The van der Waals surface area contributed by atoms with Gasteiger partial charge in [-0.2, -0.15) is 0 Å². The quantitative estimate of drug-likeness (QED) is 0.399. The number of hydrogen-bond acceptors (Lipinski definition) is 6. The minimum absolute atomic E-state index is 0.0875. The monoisotopic (exact) mass is 466 g/mol. The third kappa shape index (κ3) is 3.47. The highest BCUT2D eigenvalue weighted by Crippen LogP contribution is 2.50. The first-order valence-corrected chi connectivity index (χ1v) is 10.9. The van der Waals surface area contributed by atoms with Gasteiger partial charge in [-0.15, -0.1) is 0 Å². The van der Waals surface area contributed by atoms with E-state index in [1.165, 1.54) is 24.3 Å². The van der Waals surface area contributed by atoms with E-state index in [4.69, 9.17) is 0 Å². The minimum Gasteiger partial charge on any atom is -0.331 e. The lowest BCUT2D eigenvalue weighted by molar-refractivity contribution is -0.385. The van der Waals surface area contributed by atoms with Crippen LogP contribution in [0.25, 0.3) is 0 Å². The normalized spacial score (nSPS) is 29.9. The molecule has 2 heterocycles. The van der Waals surface area contributed by atoms with Gasteiger partial charge in [0.05, 0.1) is 21.9 Å². The van der Waals surface area contributed by atoms with Crippen molar-refractivity contribution in [2.75, 3.05) is 0 Å². The molecule has 3 fully saturated rings. The Labute approximate surface area is 193 Å². The number of rotatable bonds is 4. The molecule has 4 N–H and O–H groups in total. The first-order valence-electron chi connectivity index (χ1n) is 10.9. The Hall–Kier alpha value is -4.22. The molecular weight excluding hydrogens is 444 g/mol. The fraction of sp³-hybridized carbons (Fsp3) is 0.364. The van der Waals surface area contributed by atoms with E-state index in [0.29, 0.717) is 24.0 Å². The van der Waals surface area contributed by atoms with Crippen LogP contribution >= 0.6 is 0 Å². The Morgan fingerprint density at radius 2 is 1.21 bits per heavy atom. The molecule has 3 aliphatic rings. The number of urea groups is 2. The molecule has 0 bridgehead atoms. The summed E-state index contributed by atoms with van der Waals surface area (Å²) in [6.07, 6.45) is 2.08.